The molecule has 17 heavy (non-hydrogen) atoms. The van der Waals surface area contributed by atoms with Gasteiger partial charge in [-0.1, -0.05) is 32.0 Å². The van der Waals surface area contributed by atoms with E-state index in [1.807, 2.05) is 36.4 Å². The van der Waals surface area contributed by atoms with E-state index in [0.29, 0.717) is 5.92 Å². The van der Waals surface area contributed by atoms with E-state index in [2.05, 4.69) is 24.1 Å². The molecule has 0 bridgehead atoms. The van der Waals surface area contributed by atoms with Crippen LogP contribution in [-0.4, -0.2) is 22.7 Å². The molecule has 1 aromatic carbocycles. The minimum absolute atomic E-state index is 0.0451. The highest BCUT2D eigenvalue weighted by molar-refractivity contribution is 5.80. The van der Waals surface area contributed by atoms with Crippen molar-refractivity contribution < 1.29 is 5.11 Å². The van der Waals surface area contributed by atoms with Crippen LogP contribution in [0.5, 0.6) is 0 Å². The summed E-state index contributed by atoms with van der Waals surface area (Å²) in [5.41, 5.74) is 0.970. The second-order valence-electron chi connectivity index (χ2n) is 4.57. The molecule has 90 valence electrons. The van der Waals surface area contributed by atoms with E-state index in [0.717, 1.165) is 16.7 Å². The Morgan fingerprint density at radius 1 is 1.18 bits per heavy atom. The van der Waals surface area contributed by atoms with E-state index in [9.17, 15) is 5.11 Å². The van der Waals surface area contributed by atoms with E-state index >= 15 is 0 Å². The average molecular weight is 230 g/mol. The van der Waals surface area contributed by atoms with Crippen LogP contribution in [0.3, 0.4) is 0 Å². The van der Waals surface area contributed by atoms with Crippen LogP contribution in [0.4, 0.5) is 5.82 Å². The standard InChI is InChI=1S/C14H18N2O/c1-10(2)13(9-17)16-14-8-7-11-5-3-4-6-12(11)15-14/h3-8,10,13,17H,9H2,1-2H3,(H,15,16)/t13-/m1/s1. The molecule has 0 saturated carbocycles. The van der Waals surface area contributed by atoms with Gasteiger partial charge in [0.25, 0.3) is 0 Å². The van der Waals surface area contributed by atoms with Gasteiger partial charge in [-0.05, 0) is 24.1 Å². The van der Waals surface area contributed by atoms with Crippen molar-refractivity contribution in [3.63, 3.8) is 0 Å². The molecule has 1 heterocycles. The minimum atomic E-state index is 0.0451. The fourth-order valence-electron chi connectivity index (χ4n) is 1.76. The molecule has 2 rings (SSSR count). The zero-order chi connectivity index (χ0) is 12.3. The van der Waals surface area contributed by atoms with Gasteiger partial charge in [0.1, 0.15) is 5.82 Å². The number of aliphatic hydroxyl groups excluding tert-OH is 1. The largest absolute Gasteiger partial charge is 0.394 e. The second kappa shape index (κ2) is 5.15. The van der Waals surface area contributed by atoms with E-state index in [1.165, 1.54) is 0 Å². The number of nitrogens with zero attached hydrogens (tertiary/aromatic N) is 1. The Kier molecular flexibility index (Phi) is 3.59. The van der Waals surface area contributed by atoms with Crippen LogP contribution < -0.4 is 5.32 Å². The number of rotatable bonds is 4. The summed E-state index contributed by atoms with van der Waals surface area (Å²) in [6.45, 7) is 4.27. The molecule has 0 amide bonds. The van der Waals surface area contributed by atoms with Crippen molar-refractivity contribution in [2.24, 2.45) is 5.92 Å². The van der Waals surface area contributed by atoms with Crippen molar-refractivity contribution in [1.82, 2.24) is 4.98 Å². The maximum atomic E-state index is 9.28. The molecule has 0 radical (unpaired) electrons. The molecule has 0 aliphatic heterocycles. The molecule has 2 N–H and O–H groups in total. The topological polar surface area (TPSA) is 45.1 Å². The Hall–Kier alpha value is -1.61. The van der Waals surface area contributed by atoms with Gasteiger partial charge in [0.05, 0.1) is 18.2 Å². The van der Waals surface area contributed by atoms with Crippen LogP contribution in [-0.2, 0) is 0 Å². The van der Waals surface area contributed by atoms with Gasteiger partial charge in [-0.3, -0.25) is 0 Å². The number of pyridine rings is 1. The molecule has 1 atom stereocenters. The third-order valence-corrected chi connectivity index (χ3v) is 2.93. The summed E-state index contributed by atoms with van der Waals surface area (Å²) in [4.78, 5) is 4.52. The predicted molar refractivity (Wildman–Crippen MR) is 71.1 cm³/mol. The third-order valence-electron chi connectivity index (χ3n) is 2.93. The maximum absolute atomic E-state index is 9.28. The Labute approximate surface area is 102 Å². The molecular weight excluding hydrogens is 212 g/mol. The highest BCUT2D eigenvalue weighted by Gasteiger charge is 2.12. The summed E-state index contributed by atoms with van der Waals surface area (Å²) >= 11 is 0. The van der Waals surface area contributed by atoms with Crippen LogP contribution in [0.15, 0.2) is 36.4 Å². The van der Waals surface area contributed by atoms with Gasteiger partial charge in [-0.15, -0.1) is 0 Å². The first-order valence-corrected chi connectivity index (χ1v) is 5.94. The average Bonchev–Trinajstić information content (AvgIpc) is 2.35. The Balaban J connectivity index is 2.24. The first kappa shape index (κ1) is 11.9. The first-order valence-electron chi connectivity index (χ1n) is 5.94. The van der Waals surface area contributed by atoms with Crippen molar-refractivity contribution in [3.8, 4) is 0 Å². The zero-order valence-electron chi connectivity index (χ0n) is 10.2. The van der Waals surface area contributed by atoms with Gasteiger partial charge in [-0.25, -0.2) is 4.98 Å². The number of benzene rings is 1. The molecule has 2 aromatic rings. The number of fused-ring (bicyclic) bond motifs is 1. The maximum Gasteiger partial charge on any atom is 0.126 e. The van der Waals surface area contributed by atoms with Crippen LogP contribution in [0.2, 0.25) is 0 Å². The number of aromatic nitrogens is 1. The monoisotopic (exact) mass is 230 g/mol. The summed E-state index contributed by atoms with van der Waals surface area (Å²) in [6.07, 6.45) is 0. The molecule has 0 unspecified atom stereocenters. The van der Waals surface area contributed by atoms with E-state index in [4.69, 9.17) is 0 Å². The number of anilines is 1. The number of nitrogens with one attached hydrogen (secondary N) is 1. The lowest BCUT2D eigenvalue weighted by molar-refractivity contribution is 0.249. The van der Waals surface area contributed by atoms with Crippen molar-refractivity contribution >= 4 is 16.7 Å². The van der Waals surface area contributed by atoms with Gasteiger partial charge in [0, 0.05) is 5.39 Å². The molecule has 0 aliphatic carbocycles. The Morgan fingerprint density at radius 3 is 2.65 bits per heavy atom. The third kappa shape index (κ3) is 2.74. The van der Waals surface area contributed by atoms with Crippen molar-refractivity contribution in [2.75, 3.05) is 11.9 Å². The van der Waals surface area contributed by atoms with Crippen LogP contribution >= 0.6 is 0 Å². The first-order chi connectivity index (χ1) is 8.20. The molecule has 1 aromatic heterocycles. The number of hydrogen-bond donors (Lipinski definition) is 2. The molecule has 3 heteroatoms. The van der Waals surface area contributed by atoms with Crippen LogP contribution in [0.1, 0.15) is 13.8 Å². The Morgan fingerprint density at radius 2 is 1.94 bits per heavy atom. The summed E-state index contributed by atoms with van der Waals surface area (Å²) in [7, 11) is 0. The number of hydrogen-bond acceptors (Lipinski definition) is 3. The smallest absolute Gasteiger partial charge is 0.126 e. The fourth-order valence-corrected chi connectivity index (χ4v) is 1.76. The molecule has 0 fully saturated rings. The van der Waals surface area contributed by atoms with Crippen molar-refractivity contribution in [2.45, 2.75) is 19.9 Å². The second-order valence-corrected chi connectivity index (χ2v) is 4.57. The number of para-hydroxylation sites is 1. The van der Waals surface area contributed by atoms with Gasteiger partial charge in [0.2, 0.25) is 0 Å². The SMILES string of the molecule is CC(C)[C@@H](CO)Nc1ccc2ccccc2n1. The lowest BCUT2D eigenvalue weighted by Gasteiger charge is -2.20. The van der Waals surface area contributed by atoms with Crippen LogP contribution in [0, 0.1) is 5.92 Å². The quantitative estimate of drug-likeness (QED) is 0.848. The van der Waals surface area contributed by atoms with Gasteiger partial charge >= 0.3 is 0 Å². The van der Waals surface area contributed by atoms with E-state index < -0.39 is 0 Å². The molecule has 0 spiro atoms. The van der Waals surface area contributed by atoms with Crippen LogP contribution in [0.25, 0.3) is 10.9 Å². The molecule has 3 nitrogen and oxygen atoms in total. The zero-order valence-corrected chi connectivity index (χ0v) is 10.2. The van der Waals surface area contributed by atoms with Crippen molar-refractivity contribution in [1.29, 1.82) is 0 Å². The lowest BCUT2D eigenvalue weighted by atomic mass is 10.1. The van der Waals surface area contributed by atoms with E-state index in [-0.39, 0.29) is 12.6 Å². The van der Waals surface area contributed by atoms with Gasteiger partial charge in [-0.2, -0.15) is 0 Å². The molecule has 0 aliphatic rings. The lowest BCUT2D eigenvalue weighted by Crippen LogP contribution is -2.29. The fraction of sp³-hybridized carbons (Fsp3) is 0.357. The van der Waals surface area contributed by atoms with Crippen molar-refractivity contribution in [3.05, 3.63) is 36.4 Å². The summed E-state index contributed by atoms with van der Waals surface area (Å²) in [6, 6.07) is 12.0. The van der Waals surface area contributed by atoms with E-state index in [1.54, 1.807) is 0 Å². The van der Waals surface area contributed by atoms with Gasteiger partial charge in [0.15, 0.2) is 0 Å². The minimum Gasteiger partial charge on any atom is -0.394 e. The van der Waals surface area contributed by atoms with Gasteiger partial charge < -0.3 is 10.4 Å². The molecular formula is C14H18N2O. The summed E-state index contributed by atoms with van der Waals surface area (Å²) in [5, 5.41) is 13.7. The number of aliphatic hydroxyl groups is 1. The summed E-state index contributed by atoms with van der Waals surface area (Å²) in [5.74, 6) is 1.18. The molecule has 0 saturated heterocycles. The highest BCUT2D eigenvalue weighted by atomic mass is 16.3. The normalized spacial score (nSPS) is 12.9. The Bertz CT molecular complexity index is 496. The highest BCUT2D eigenvalue weighted by Crippen LogP contribution is 2.16. The predicted octanol–water partition coefficient (Wildman–Crippen LogP) is 2.66. The summed E-state index contributed by atoms with van der Waals surface area (Å²) < 4.78 is 0.